The number of hydrogen-bond acceptors (Lipinski definition) is 10. The Hall–Kier alpha value is -4.76. The highest BCUT2D eigenvalue weighted by atomic mass is 32.2. The minimum Gasteiger partial charge on any atom is -0.398 e. The molecule has 5 heterocycles. The lowest BCUT2D eigenvalue weighted by molar-refractivity contribution is -0.126. The molecule has 2 aliphatic rings. The van der Waals surface area contributed by atoms with Gasteiger partial charge in [0.2, 0.25) is 5.91 Å². The molecule has 0 aliphatic carbocycles. The number of carbonyl (C=O) groups is 1. The van der Waals surface area contributed by atoms with E-state index in [1.807, 2.05) is 6.92 Å². The van der Waals surface area contributed by atoms with Crippen LogP contribution in [0.2, 0.25) is 0 Å². The highest BCUT2D eigenvalue weighted by Crippen LogP contribution is 2.35. The standard InChI is InChI=1S/C29H27F2N7O5S/c1-3-24(39)36-9-10-37(16(2)13-36)27-18-11-20(31)26(25-19(30)5-4-6-21(25)32)34-28(18)38(29(40)35-27)22-12-33-8-7-23(22)44(41,42)17-14-43-15-17/h3-8,11-12,16-17H,1,9-10,13-15,32H2,2H3/t16-/m0/s1. The molecule has 2 aliphatic heterocycles. The fourth-order valence-electron chi connectivity index (χ4n) is 5.46. The molecule has 0 spiro atoms. The van der Waals surface area contributed by atoms with Crippen LogP contribution in [0.15, 0.2) is 65.1 Å². The van der Waals surface area contributed by atoms with Crippen LogP contribution >= 0.6 is 0 Å². The zero-order valence-electron chi connectivity index (χ0n) is 23.5. The number of nitrogen functional groups attached to an aromatic ring is 1. The van der Waals surface area contributed by atoms with E-state index < -0.39 is 38.1 Å². The summed E-state index contributed by atoms with van der Waals surface area (Å²) in [6.07, 6.45) is 3.66. The van der Waals surface area contributed by atoms with Crippen molar-refractivity contribution in [1.29, 1.82) is 0 Å². The number of pyridine rings is 2. The van der Waals surface area contributed by atoms with Crippen molar-refractivity contribution in [2.45, 2.75) is 23.1 Å². The Kier molecular flexibility index (Phi) is 7.37. The second-order valence-corrected chi connectivity index (χ2v) is 12.7. The van der Waals surface area contributed by atoms with Gasteiger partial charge < -0.3 is 20.3 Å². The van der Waals surface area contributed by atoms with Gasteiger partial charge in [-0.2, -0.15) is 4.98 Å². The van der Waals surface area contributed by atoms with Crippen molar-refractivity contribution < 1.29 is 26.7 Å². The van der Waals surface area contributed by atoms with Gasteiger partial charge in [-0.1, -0.05) is 12.6 Å². The minimum atomic E-state index is -4.00. The van der Waals surface area contributed by atoms with E-state index in [1.54, 1.807) is 9.80 Å². The Labute approximate surface area is 250 Å². The van der Waals surface area contributed by atoms with Gasteiger partial charge in [-0.25, -0.2) is 31.5 Å². The fraction of sp³-hybridized carbons (Fsp3) is 0.276. The van der Waals surface area contributed by atoms with Crippen molar-refractivity contribution in [2.24, 2.45) is 0 Å². The Morgan fingerprint density at radius 1 is 1.16 bits per heavy atom. The quantitative estimate of drug-likeness (QED) is 0.250. The number of amides is 1. The zero-order valence-corrected chi connectivity index (χ0v) is 24.3. The smallest absolute Gasteiger partial charge is 0.355 e. The second kappa shape index (κ2) is 11.1. The van der Waals surface area contributed by atoms with E-state index in [9.17, 15) is 18.0 Å². The number of ether oxygens (including phenoxy) is 1. The maximum absolute atomic E-state index is 15.9. The molecule has 44 heavy (non-hydrogen) atoms. The summed E-state index contributed by atoms with van der Waals surface area (Å²) in [5, 5.41) is -0.789. The zero-order chi connectivity index (χ0) is 31.3. The Balaban J connectivity index is 1.63. The van der Waals surface area contributed by atoms with Crippen LogP contribution in [0.5, 0.6) is 0 Å². The average Bonchev–Trinajstić information content (AvgIpc) is 2.96. The topological polar surface area (TPSA) is 154 Å². The fourth-order valence-corrected chi connectivity index (χ4v) is 7.06. The third kappa shape index (κ3) is 4.77. The molecular weight excluding hydrogens is 596 g/mol. The Morgan fingerprint density at radius 2 is 1.93 bits per heavy atom. The van der Waals surface area contributed by atoms with Crippen molar-refractivity contribution in [3.05, 3.63) is 77.5 Å². The normalized spacial score (nSPS) is 17.5. The van der Waals surface area contributed by atoms with Crippen molar-refractivity contribution in [1.82, 2.24) is 24.4 Å². The number of fused-ring (bicyclic) bond motifs is 1. The number of nitrogens with zero attached hydrogens (tertiary/aromatic N) is 6. The molecule has 2 N–H and O–H groups in total. The molecule has 2 fully saturated rings. The first-order valence-corrected chi connectivity index (χ1v) is 15.2. The van der Waals surface area contributed by atoms with Gasteiger partial charge in [-0.15, -0.1) is 0 Å². The molecule has 228 valence electrons. The number of nitrogens with two attached hydrogens (primary N) is 1. The first-order chi connectivity index (χ1) is 21.0. The van der Waals surface area contributed by atoms with Gasteiger partial charge in [-0.05, 0) is 37.3 Å². The van der Waals surface area contributed by atoms with Gasteiger partial charge in [0.15, 0.2) is 21.3 Å². The van der Waals surface area contributed by atoms with Crippen LogP contribution < -0.4 is 16.3 Å². The Bertz CT molecular complexity index is 1980. The highest BCUT2D eigenvalue weighted by molar-refractivity contribution is 7.92. The van der Waals surface area contributed by atoms with Crippen LogP contribution in [0.1, 0.15) is 6.92 Å². The average molecular weight is 624 g/mol. The van der Waals surface area contributed by atoms with Gasteiger partial charge in [0.25, 0.3) is 0 Å². The molecule has 2 saturated heterocycles. The molecule has 4 aromatic rings. The van der Waals surface area contributed by atoms with Gasteiger partial charge in [0, 0.05) is 37.6 Å². The summed E-state index contributed by atoms with van der Waals surface area (Å²) in [7, 11) is -4.00. The molecule has 15 heteroatoms. The third-order valence-electron chi connectivity index (χ3n) is 7.82. The van der Waals surface area contributed by atoms with Crippen LogP contribution in [0.4, 0.5) is 20.3 Å². The van der Waals surface area contributed by atoms with E-state index in [-0.39, 0.29) is 83.5 Å². The molecule has 0 bridgehead atoms. The van der Waals surface area contributed by atoms with Crippen LogP contribution in [0, 0.1) is 11.6 Å². The monoisotopic (exact) mass is 623 g/mol. The molecule has 3 aromatic heterocycles. The lowest BCUT2D eigenvalue weighted by Gasteiger charge is -2.40. The van der Waals surface area contributed by atoms with Gasteiger partial charge in [-0.3, -0.25) is 9.78 Å². The van der Waals surface area contributed by atoms with E-state index in [0.29, 0.717) is 0 Å². The molecule has 0 unspecified atom stereocenters. The maximum atomic E-state index is 15.9. The van der Waals surface area contributed by atoms with E-state index in [1.165, 1.54) is 36.7 Å². The van der Waals surface area contributed by atoms with Crippen molar-refractivity contribution >= 4 is 38.3 Å². The third-order valence-corrected chi connectivity index (χ3v) is 9.93. The van der Waals surface area contributed by atoms with Crippen molar-refractivity contribution in [3.8, 4) is 16.9 Å². The maximum Gasteiger partial charge on any atom is 0.355 e. The van der Waals surface area contributed by atoms with Crippen LogP contribution in [0.25, 0.3) is 28.0 Å². The van der Waals surface area contributed by atoms with Gasteiger partial charge in [0.1, 0.15) is 22.6 Å². The highest BCUT2D eigenvalue weighted by Gasteiger charge is 2.37. The van der Waals surface area contributed by atoms with E-state index in [0.717, 1.165) is 16.7 Å². The predicted molar refractivity (Wildman–Crippen MR) is 158 cm³/mol. The van der Waals surface area contributed by atoms with E-state index in [2.05, 4.69) is 21.5 Å². The number of piperazine rings is 1. The largest absolute Gasteiger partial charge is 0.398 e. The van der Waals surface area contributed by atoms with Crippen molar-refractivity contribution in [2.75, 3.05) is 43.5 Å². The number of hydrogen-bond donors (Lipinski definition) is 1. The minimum absolute atomic E-state index is 0.0185. The molecule has 6 rings (SSSR count). The van der Waals surface area contributed by atoms with Crippen molar-refractivity contribution in [3.63, 3.8) is 0 Å². The first kappa shape index (κ1) is 29.3. The number of aromatic nitrogens is 4. The van der Waals surface area contributed by atoms with Crippen LogP contribution in [0.3, 0.4) is 0 Å². The molecular formula is C29H27F2N7O5S. The molecule has 1 atom stereocenters. The molecule has 1 aromatic carbocycles. The van der Waals surface area contributed by atoms with Gasteiger partial charge in [0.05, 0.1) is 40.9 Å². The Morgan fingerprint density at radius 3 is 2.59 bits per heavy atom. The van der Waals surface area contributed by atoms with E-state index in [4.69, 9.17) is 10.5 Å². The van der Waals surface area contributed by atoms with E-state index >= 15 is 8.78 Å². The number of benzene rings is 1. The summed E-state index contributed by atoms with van der Waals surface area (Å²) < 4.78 is 64.0. The predicted octanol–water partition coefficient (Wildman–Crippen LogP) is 2.10. The summed E-state index contributed by atoms with van der Waals surface area (Å²) in [6, 6.07) is 5.80. The summed E-state index contributed by atoms with van der Waals surface area (Å²) in [5.41, 5.74) is 3.86. The molecule has 0 radical (unpaired) electrons. The number of rotatable bonds is 6. The summed E-state index contributed by atoms with van der Waals surface area (Å²) in [4.78, 5) is 42.0. The van der Waals surface area contributed by atoms with Gasteiger partial charge >= 0.3 is 5.69 Å². The van der Waals surface area contributed by atoms with Crippen LogP contribution in [-0.4, -0.2) is 82.9 Å². The van der Waals surface area contributed by atoms with Crippen LogP contribution in [-0.2, 0) is 19.4 Å². The second-order valence-electron chi connectivity index (χ2n) is 10.5. The lowest BCUT2D eigenvalue weighted by Crippen LogP contribution is -2.54. The molecule has 1 amide bonds. The summed E-state index contributed by atoms with van der Waals surface area (Å²) in [5.74, 6) is -1.97. The first-order valence-electron chi connectivity index (χ1n) is 13.6. The number of carbonyl (C=O) groups excluding carboxylic acids is 1. The number of halogens is 2. The molecule has 12 nitrogen and oxygen atoms in total. The lowest BCUT2D eigenvalue weighted by atomic mass is 10.1. The summed E-state index contributed by atoms with van der Waals surface area (Å²) in [6.45, 7) is 6.08. The number of anilines is 2. The number of sulfone groups is 1. The summed E-state index contributed by atoms with van der Waals surface area (Å²) >= 11 is 0. The SMILES string of the molecule is C=CC(=O)N1CCN(c2nc(=O)n(-c3cnccc3S(=O)(=O)C3COC3)c3nc(-c4c(N)cccc4F)c(F)cc23)[C@@H](C)C1. The molecule has 0 saturated carbocycles.